The Morgan fingerprint density at radius 1 is 0.950 bits per heavy atom. The van der Waals surface area contributed by atoms with Crippen molar-refractivity contribution in [2.75, 3.05) is 0 Å². The highest BCUT2D eigenvalue weighted by Crippen LogP contribution is 2.55. The molecule has 16 radical (unpaired) electrons. The van der Waals surface area contributed by atoms with Gasteiger partial charge in [-0.15, -0.1) is 0 Å². The second-order valence-corrected chi connectivity index (χ2v) is 10.1. The highest BCUT2D eigenvalue weighted by atomic mass is 35.5. The summed E-state index contributed by atoms with van der Waals surface area (Å²) in [5.74, 6) is -9.45. The molecule has 7 nitrogen and oxygen atoms in total. The first-order valence-corrected chi connectivity index (χ1v) is 11.7. The van der Waals surface area contributed by atoms with Gasteiger partial charge in [0.05, 0.1) is 52.5 Å². The van der Waals surface area contributed by atoms with Gasteiger partial charge in [0.15, 0.2) is 0 Å². The Labute approximate surface area is 244 Å². The van der Waals surface area contributed by atoms with E-state index in [2.05, 4.69) is 0 Å². The van der Waals surface area contributed by atoms with E-state index in [9.17, 15) is 28.0 Å². The SMILES string of the molecule is [B]N(C(=O)C(F)(F)c1ccc(Cl)cc1)C([B])([B])c1ccc2c(c1)CN([C@]1([B])C(=O)NC(=O)C([B])([B])C1([B])[B])C2=O. The normalized spacial score (nSPS) is 22.0. The lowest BCUT2D eigenvalue weighted by atomic mass is 9.21. The summed E-state index contributed by atoms with van der Waals surface area (Å²) in [6.45, 7) is -0.470. The van der Waals surface area contributed by atoms with E-state index in [0.29, 0.717) is 0 Å². The van der Waals surface area contributed by atoms with E-state index in [4.69, 9.17) is 74.5 Å². The van der Waals surface area contributed by atoms with Crippen molar-refractivity contribution in [1.82, 2.24) is 15.0 Å². The van der Waals surface area contributed by atoms with Crippen LogP contribution < -0.4 is 5.32 Å². The predicted octanol–water partition coefficient (Wildman–Crippen LogP) is -1.13. The Morgan fingerprint density at radius 2 is 1.50 bits per heavy atom. The fraction of sp³-hybridized carbons (Fsp3) is 0.273. The van der Waals surface area contributed by atoms with Gasteiger partial charge in [-0.2, -0.15) is 8.78 Å². The maximum atomic E-state index is 15.0. The van der Waals surface area contributed by atoms with Crippen molar-refractivity contribution in [2.24, 2.45) is 0 Å². The molecule has 1 N–H and O–H groups in total. The number of alkyl halides is 2. The van der Waals surface area contributed by atoms with Crippen LogP contribution in [0.2, 0.25) is 15.5 Å². The van der Waals surface area contributed by atoms with Gasteiger partial charge in [0.2, 0.25) is 19.8 Å². The van der Waals surface area contributed by atoms with E-state index in [1.54, 1.807) is 0 Å². The predicted molar refractivity (Wildman–Crippen MR) is 147 cm³/mol. The van der Waals surface area contributed by atoms with E-state index < -0.39 is 62.9 Å². The number of hydrogen-bond donors (Lipinski definition) is 1. The van der Waals surface area contributed by atoms with Gasteiger partial charge in [-0.25, -0.2) is 0 Å². The minimum Gasteiger partial charge on any atom is -0.398 e. The van der Waals surface area contributed by atoms with Crippen molar-refractivity contribution in [1.29, 1.82) is 0 Å². The Bertz CT molecular complexity index is 1460. The molecule has 4 rings (SSSR count). The fourth-order valence-corrected chi connectivity index (χ4v) is 4.56. The maximum Gasteiger partial charge on any atom is 0.348 e. The molecule has 0 unspecified atom stereocenters. The number of piperidine rings is 1. The smallest absolute Gasteiger partial charge is 0.348 e. The molecule has 0 bridgehead atoms. The summed E-state index contributed by atoms with van der Waals surface area (Å²) >= 11 is 5.72. The summed E-state index contributed by atoms with van der Waals surface area (Å²) in [5, 5.41) is -5.77. The van der Waals surface area contributed by atoms with Gasteiger partial charge in [-0.1, -0.05) is 41.1 Å². The van der Waals surface area contributed by atoms with E-state index in [-0.39, 0.29) is 26.5 Å². The first-order chi connectivity index (χ1) is 18.2. The molecule has 0 spiro atoms. The van der Waals surface area contributed by atoms with Crippen LogP contribution in [0.15, 0.2) is 42.5 Å². The number of nitrogens with zero attached hydrogens (tertiary/aromatic N) is 2. The van der Waals surface area contributed by atoms with E-state index in [0.717, 1.165) is 35.2 Å². The van der Waals surface area contributed by atoms with Crippen molar-refractivity contribution in [3.05, 3.63) is 69.7 Å². The van der Waals surface area contributed by atoms with Crippen molar-refractivity contribution in [2.45, 2.75) is 33.7 Å². The minimum absolute atomic E-state index is 0.0501. The molecule has 2 aliphatic heterocycles. The molecule has 1 saturated heterocycles. The molecule has 4 amide bonds. The Hall–Kier alpha value is -2.81. The number of rotatable bonds is 5. The largest absolute Gasteiger partial charge is 0.398 e. The summed E-state index contributed by atoms with van der Waals surface area (Å²) in [4.78, 5) is 51.7. The van der Waals surface area contributed by atoms with Crippen LogP contribution in [0, 0.1) is 0 Å². The zero-order valence-electron chi connectivity index (χ0n) is 20.5. The Kier molecular flexibility index (Phi) is 7.06. The van der Waals surface area contributed by atoms with Crippen molar-refractivity contribution in [3.8, 4) is 0 Å². The monoisotopic (exact) mass is 541 g/mol. The van der Waals surface area contributed by atoms with E-state index >= 15 is 0 Å². The maximum absolute atomic E-state index is 15.0. The third-order valence-corrected chi connectivity index (χ3v) is 7.41. The van der Waals surface area contributed by atoms with Crippen molar-refractivity contribution in [3.63, 3.8) is 0 Å². The molecule has 2 heterocycles. The molecule has 1 atom stereocenters. The quantitative estimate of drug-likeness (QED) is 0.385. The van der Waals surface area contributed by atoms with E-state index in [1.807, 2.05) is 5.32 Å². The molecule has 2 aromatic carbocycles. The van der Waals surface area contributed by atoms with Gasteiger partial charge in [0, 0.05) is 22.7 Å². The standard InChI is InChI=1S/C22H10B8ClF2N3O4/c23-19(24)15(38)34-16(39)20(25,22(19,28)29)35-8-9-7-11(3-6-13(9)14(35)37)21(26,27)36(30)17(40)18(32,33)10-1-4-12(31)5-2-10/h1-7H,8H2,(H,34,38,39)/t20-/m1/s1. The van der Waals surface area contributed by atoms with Crippen LogP contribution in [0.5, 0.6) is 0 Å². The zero-order chi connectivity index (χ0) is 30.2. The Morgan fingerprint density at radius 3 is 2.08 bits per heavy atom. The number of amides is 4. The number of halogens is 3. The minimum atomic E-state index is -4.15. The third-order valence-electron chi connectivity index (χ3n) is 7.15. The first kappa shape index (κ1) is 30.2. The third kappa shape index (κ3) is 4.10. The summed E-state index contributed by atoms with van der Waals surface area (Å²) in [6, 6.07) is 7.69. The van der Waals surface area contributed by atoms with Crippen molar-refractivity contribution < 1.29 is 28.0 Å². The molecule has 0 aromatic heterocycles. The average Bonchev–Trinajstić information content (AvgIpc) is 3.22. The van der Waals surface area contributed by atoms with Crippen LogP contribution in [0.3, 0.4) is 0 Å². The molecular weight excluding hydrogens is 530 g/mol. The Balaban J connectivity index is 1.67. The lowest BCUT2D eigenvalue weighted by Gasteiger charge is -2.60. The number of benzene rings is 2. The molecule has 1 fully saturated rings. The zero-order valence-corrected chi connectivity index (χ0v) is 21.3. The van der Waals surface area contributed by atoms with Crippen LogP contribution in [0.4, 0.5) is 8.78 Å². The average molecular weight is 540 g/mol. The summed E-state index contributed by atoms with van der Waals surface area (Å²) in [5.41, 5.74) is -3.48. The fourth-order valence-electron chi connectivity index (χ4n) is 4.43. The second-order valence-electron chi connectivity index (χ2n) is 9.63. The molecule has 18 heteroatoms. The highest BCUT2D eigenvalue weighted by Gasteiger charge is 2.63. The van der Waals surface area contributed by atoms with Crippen LogP contribution >= 0.6 is 11.6 Å². The summed E-state index contributed by atoms with van der Waals surface area (Å²) in [6.07, 6.45) is 0. The molecule has 2 aliphatic rings. The van der Waals surface area contributed by atoms with Crippen LogP contribution in [0.25, 0.3) is 0 Å². The number of carbonyl (C=O) groups is 4. The van der Waals surface area contributed by atoms with Crippen LogP contribution in [-0.4, -0.2) is 102 Å². The number of hydrogen-bond acceptors (Lipinski definition) is 4. The topological polar surface area (TPSA) is 86.8 Å². The van der Waals surface area contributed by atoms with Crippen molar-refractivity contribution >= 4 is 98.1 Å². The molecular formula is C22H10B8ClF2N3O4. The van der Waals surface area contributed by atoms with Gasteiger partial charge in [0.25, 0.3) is 11.8 Å². The number of fused-ring (bicyclic) bond motifs is 1. The van der Waals surface area contributed by atoms with Crippen LogP contribution in [0.1, 0.15) is 27.0 Å². The molecule has 2 aromatic rings. The van der Waals surface area contributed by atoms with Gasteiger partial charge < -0.3 is 9.71 Å². The summed E-state index contributed by atoms with van der Waals surface area (Å²) in [7, 11) is 47.6. The van der Waals surface area contributed by atoms with Gasteiger partial charge in [0.1, 0.15) is 7.85 Å². The number of carbonyl (C=O) groups excluding carboxylic acids is 4. The van der Waals surface area contributed by atoms with Crippen LogP contribution in [-0.2, 0) is 32.2 Å². The highest BCUT2D eigenvalue weighted by molar-refractivity contribution is 6.66. The molecule has 0 aliphatic carbocycles. The molecule has 0 saturated carbocycles. The van der Waals surface area contributed by atoms with Gasteiger partial charge >= 0.3 is 5.92 Å². The molecule has 40 heavy (non-hydrogen) atoms. The number of nitrogens with one attached hydrogen (secondary N) is 1. The lowest BCUT2D eigenvalue weighted by Crippen LogP contribution is -2.75. The lowest BCUT2D eigenvalue weighted by molar-refractivity contribution is -0.155. The molecule has 182 valence electrons. The van der Waals surface area contributed by atoms with E-state index in [1.165, 1.54) is 12.1 Å². The van der Waals surface area contributed by atoms with Gasteiger partial charge in [-0.3, -0.25) is 24.5 Å². The second kappa shape index (κ2) is 9.36. The first-order valence-electron chi connectivity index (χ1n) is 11.3. The number of imide groups is 1. The van der Waals surface area contributed by atoms with Gasteiger partial charge in [-0.05, 0) is 39.9 Å². The summed E-state index contributed by atoms with van der Waals surface area (Å²) < 4.78 is 29.9.